The van der Waals surface area contributed by atoms with Gasteiger partial charge < -0.3 is 9.52 Å². The SMILES string of the molecule is [O-]c1oc(-[n+]2ccccc2)c2ccccc12. The molecule has 0 amide bonds. The van der Waals surface area contributed by atoms with E-state index in [0.717, 1.165) is 5.39 Å². The van der Waals surface area contributed by atoms with Gasteiger partial charge in [0.25, 0.3) is 5.88 Å². The van der Waals surface area contributed by atoms with E-state index in [4.69, 9.17) is 4.42 Å². The summed E-state index contributed by atoms with van der Waals surface area (Å²) < 4.78 is 7.05. The second-order valence-corrected chi connectivity index (χ2v) is 3.52. The predicted molar refractivity (Wildman–Crippen MR) is 57.2 cm³/mol. The van der Waals surface area contributed by atoms with Gasteiger partial charge >= 0.3 is 0 Å². The summed E-state index contributed by atoms with van der Waals surface area (Å²) in [7, 11) is 0. The molecule has 16 heavy (non-hydrogen) atoms. The number of rotatable bonds is 1. The second kappa shape index (κ2) is 3.38. The molecule has 2 heterocycles. The molecule has 0 spiro atoms. The number of fused-ring (bicyclic) bond motifs is 1. The van der Waals surface area contributed by atoms with Crippen molar-refractivity contribution >= 4 is 10.8 Å². The number of furan rings is 1. The molecule has 0 saturated heterocycles. The van der Waals surface area contributed by atoms with Crippen LogP contribution in [0.1, 0.15) is 0 Å². The minimum atomic E-state index is -0.290. The molecule has 0 aliphatic carbocycles. The molecule has 1 aromatic carbocycles. The number of hydrogen-bond acceptors (Lipinski definition) is 2. The fourth-order valence-electron chi connectivity index (χ4n) is 1.77. The number of pyridine rings is 1. The number of aromatic nitrogens is 1. The molecule has 0 unspecified atom stereocenters. The second-order valence-electron chi connectivity index (χ2n) is 3.52. The van der Waals surface area contributed by atoms with Crippen LogP contribution in [0.15, 0.2) is 59.3 Å². The van der Waals surface area contributed by atoms with Gasteiger partial charge in [-0.05, 0) is 6.07 Å². The van der Waals surface area contributed by atoms with Gasteiger partial charge in [0.1, 0.15) is 0 Å². The zero-order valence-corrected chi connectivity index (χ0v) is 8.46. The third kappa shape index (κ3) is 1.26. The minimum absolute atomic E-state index is 0.290. The first kappa shape index (κ1) is 8.97. The lowest BCUT2D eigenvalue weighted by molar-refractivity contribution is -0.608. The van der Waals surface area contributed by atoms with Gasteiger partial charge in [-0.15, -0.1) is 0 Å². The Kier molecular flexibility index (Phi) is 1.90. The van der Waals surface area contributed by atoms with Gasteiger partial charge in [-0.2, -0.15) is 4.57 Å². The Labute approximate surface area is 92.2 Å². The van der Waals surface area contributed by atoms with Crippen LogP contribution in [0.25, 0.3) is 16.7 Å². The van der Waals surface area contributed by atoms with Gasteiger partial charge in [-0.3, -0.25) is 0 Å². The Morgan fingerprint density at radius 3 is 2.31 bits per heavy atom. The molecule has 0 atom stereocenters. The van der Waals surface area contributed by atoms with Crippen molar-refractivity contribution in [3.05, 3.63) is 54.9 Å². The zero-order chi connectivity index (χ0) is 11.0. The van der Waals surface area contributed by atoms with Crippen LogP contribution in [-0.2, 0) is 0 Å². The van der Waals surface area contributed by atoms with Crippen molar-refractivity contribution in [3.8, 4) is 11.8 Å². The van der Waals surface area contributed by atoms with Crippen LogP contribution in [-0.4, -0.2) is 0 Å². The Balaban J connectivity index is 2.33. The first-order valence-corrected chi connectivity index (χ1v) is 5.01. The molecule has 0 aliphatic rings. The Morgan fingerprint density at radius 2 is 1.56 bits per heavy atom. The van der Waals surface area contributed by atoms with Crippen LogP contribution in [0.3, 0.4) is 0 Å². The Morgan fingerprint density at radius 1 is 0.875 bits per heavy atom. The monoisotopic (exact) mass is 211 g/mol. The standard InChI is InChI=1S/C13H9NO2/c15-13-11-7-3-2-6-10(11)12(16-13)14-8-4-1-5-9-14/h1-9H. The highest BCUT2D eigenvalue weighted by molar-refractivity contribution is 5.90. The molecule has 2 aromatic heterocycles. The van der Waals surface area contributed by atoms with Gasteiger partial charge in [-0.25, -0.2) is 0 Å². The fraction of sp³-hybridized carbons (Fsp3) is 0. The quantitative estimate of drug-likeness (QED) is 0.575. The zero-order valence-electron chi connectivity index (χ0n) is 8.46. The molecule has 0 N–H and O–H groups in total. The summed E-state index contributed by atoms with van der Waals surface area (Å²) >= 11 is 0. The van der Waals surface area contributed by atoms with Crippen LogP contribution in [0.5, 0.6) is 5.95 Å². The normalized spacial score (nSPS) is 10.8. The van der Waals surface area contributed by atoms with E-state index in [1.807, 2.05) is 48.8 Å². The number of benzene rings is 1. The average Bonchev–Trinajstić information content (AvgIpc) is 2.69. The van der Waals surface area contributed by atoms with E-state index in [0.29, 0.717) is 11.3 Å². The Hall–Kier alpha value is -2.29. The van der Waals surface area contributed by atoms with Gasteiger partial charge in [0.15, 0.2) is 12.4 Å². The Bertz CT molecular complexity index is 629. The molecule has 0 aliphatic heterocycles. The maximum absolute atomic E-state index is 11.6. The van der Waals surface area contributed by atoms with Crippen molar-refractivity contribution in [1.82, 2.24) is 0 Å². The first-order chi connectivity index (χ1) is 7.86. The first-order valence-electron chi connectivity index (χ1n) is 5.01. The summed E-state index contributed by atoms with van der Waals surface area (Å²) in [5, 5.41) is 13.0. The van der Waals surface area contributed by atoms with E-state index in [2.05, 4.69) is 0 Å². The lowest BCUT2D eigenvalue weighted by Crippen LogP contribution is -2.28. The van der Waals surface area contributed by atoms with E-state index < -0.39 is 0 Å². The van der Waals surface area contributed by atoms with Gasteiger partial charge in [-0.1, -0.05) is 24.3 Å². The van der Waals surface area contributed by atoms with E-state index in [9.17, 15) is 5.11 Å². The minimum Gasteiger partial charge on any atom is -0.545 e. The third-order valence-electron chi connectivity index (χ3n) is 2.52. The molecule has 3 aromatic rings. The summed E-state index contributed by atoms with van der Waals surface area (Å²) in [5.41, 5.74) is 0. The highest BCUT2D eigenvalue weighted by atomic mass is 16.5. The maximum Gasteiger partial charge on any atom is 0.275 e. The third-order valence-corrected chi connectivity index (χ3v) is 2.52. The van der Waals surface area contributed by atoms with Gasteiger partial charge in [0.05, 0.1) is 11.3 Å². The molecule has 0 bridgehead atoms. The number of hydrogen-bond donors (Lipinski definition) is 0. The predicted octanol–water partition coefficient (Wildman–Crippen LogP) is 1.78. The van der Waals surface area contributed by atoms with Crippen LogP contribution >= 0.6 is 0 Å². The molecular formula is C13H9NO2. The molecule has 3 rings (SSSR count). The van der Waals surface area contributed by atoms with Crippen LogP contribution in [0.2, 0.25) is 0 Å². The molecule has 0 fully saturated rings. The van der Waals surface area contributed by atoms with Crippen molar-refractivity contribution in [2.45, 2.75) is 0 Å². The fourth-order valence-corrected chi connectivity index (χ4v) is 1.77. The smallest absolute Gasteiger partial charge is 0.275 e. The van der Waals surface area contributed by atoms with E-state index in [1.54, 1.807) is 10.6 Å². The van der Waals surface area contributed by atoms with E-state index >= 15 is 0 Å². The lowest BCUT2D eigenvalue weighted by atomic mass is 10.2. The van der Waals surface area contributed by atoms with Crippen molar-refractivity contribution in [1.29, 1.82) is 0 Å². The maximum atomic E-state index is 11.6. The summed E-state index contributed by atoms with van der Waals surface area (Å²) in [6.45, 7) is 0. The largest absolute Gasteiger partial charge is 0.545 e. The summed E-state index contributed by atoms with van der Waals surface area (Å²) in [6.07, 6.45) is 3.70. The molecule has 0 saturated carbocycles. The van der Waals surface area contributed by atoms with Crippen molar-refractivity contribution in [2.24, 2.45) is 0 Å². The average molecular weight is 211 g/mol. The van der Waals surface area contributed by atoms with E-state index in [-0.39, 0.29) is 5.95 Å². The van der Waals surface area contributed by atoms with Crippen molar-refractivity contribution in [3.63, 3.8) is 0 Å². The molecule has 3 heteroatoms. The van der Waals surface area contributed by atoms with Crippen molar-refractivity contribution < 1.29 is 14.1 Å². The molecule has 78 valence electrons. The van der Waals surface area contributed by atoms with Crippen LogP contribution in [0, 0.1) is 0 Å². The van der Waals surface area contributed by atoms with Gasteiger partial charge in [0, 0.05) is 17.5 Å². The van der Waals surface area contributed by atoms with Crippen LogP contribution < -0.4 is 9.67 Å². The van der Waals surface area contributed by atoms with E-state index in [1.165, 1.54) is 0 Å². The molecular weight excluding hydrogens is 202 g/mol. The highest BCUT2D eigenvalue weighted by Crippen LogP contribution is 2.28. The molecule has 3 nitrogen and oxygen atoms in total. The molecule has 0 radical (unpaired) electrons. The topological polar surface area (TPSA) is 40.1 Å². The van der Waals surface area contributed by atoms with Crippen LogP contribution in [0.4, 0.5) is 0 Å². The lowest BCUT2D eigenvalue weighted by Gasteiger charge is -1.95. The summed E-state index contributed by atoms with van der Waals surface area (Å²) in [6, 6.07) is 13.1. The highest BCUT2D eigenvalue weighted by Gasteiger charge is 2.11. The number of nitrogens with zero attached hydrogens (tertiary/aromatic N) is 1. The van der Waals surface area contributed by atoms with Crippen molar-refractivity contribution in [2.75, 3.05) is 0 Å². The van der Waals surface area contributed by atoms with Gasteiger partial charge in [0.2, 0.25) is 0 Å². The summed E-state index contributed by atoms with van der Waals surface area (Å²) in [4.78, 5) is 0. The summed E-state index contributed by atoms with van der Waals surface area (Å²) in [5.74, 6) is 0.281.